The summed E-state index contributed by atoms with van der Waals surface area (Å²) in [6, 6.07) is 0.247. The molecule has 0 radical (unpaired) electrons. The van der Waals surface area contributed by atoms with Crippen LogP contribution in [0.3, 0.4) is 0 Å². The second-order valence-electron chi connectivity index (χ2n) is 4.33. The zero-order chi connectivity index (χ0) is 11.5. The first-order valence-corrected chi connectivity index (χ1v) is 5.40. The van der Waals surface area contributed by atoms with Crippen molar-refractivity contribution < 1.29 is 13.2 Å². The fraction of sp³-hybridized carbons (Fsp3) is 1.00. The van der Waals surface area contributed by atoms with Gasteiger partial charge in [0.25, 0.3) is 0 Å². The van der Waals surface area contributed by atoms with E-state index < -0.39 is 12.1 Å². The van der Waals surface area contributed by atoms with Crippen LogP contribution < -0.4 is 5.32 Å². The highest BCUT2D eigenvalue weighted by molar-refractivity contribution is 4.79. The van der Waals surface area contributed by atoms with E-state index in [-0.39, 0.29) is 19.0 Å². The predicted molar refractivity (Wildman–Crippen MR) is 53.7 cm³/mol. The summed E-state index contributed by atoms with van der Waals surface area (Å²) in [5, 5.41) is 3.04. The molecule has 1 saturated heterocycles. The van der Waals surface area contributed by atoms with E-state index in [0.717, 1.165) is 6.54 Å². The second-order valence-corrected chi connectivity index (χ2v) is 4.33. The molecule has 0 aromatic heterocycles. The molecule has 5 heteroatoms. The van der Waals surface area contributed by atoms with E-state index in [1.54, 1.807) is 0 Å². The quantitative estimate of drug-likeness (QED) is 0.787. The van der Waals surface area contributed by atoms with Crippen LogP contribution in [0.25, 0.3) is 0 Å². The maximum Gasteiger partial charge on any atom is 0.393 e. The van der Waals surface area contributed by atoms with Gasteiger partial charge in [-0.15, -0.1) is 0 Å². The third-order valence-electron chi connectivity index (χ3n) is 2.99. The average molecular weight is 224 g/mol. The molecule has 2 nitrogen and oxygen atoms in total. The van der Waals surface area contributed by atoms with Crippen LogP contribution in [0.5, 0.6) is 0 Å². The lowest BCUT2D eigenvalue weighted by atomic mass is 9.97. The Kier molecular flexibility index (Phi) is 4.40. The zero-order valence-corrected chi connectivity index (χ0v) is 9.27. The molecule has 90 valence electrons. The number of halogens is 3. The summed E-state index contributed by atoms with van der Waals surface area (Å²) in [6.07, 6.45) is -3.09. The van der Waals surface area contributed by atoms with E-state index >= 15 is 0 Å². The third-order valence-corrected chi connectivity index (χ3v) is 2.99. The van der Waals surface area contributed by atoms with Crippen molar-refractivity contribution in [2.75, 3.05) is 26.7 Å². The molecule has 0 aromatic rings. The van der Waals surface area contributed by atoms with Crippen LogP contribution in [0, 0.1) is 5.92 Å². The Hall–Kier alpha value is -0.290. The van der Waals surface area contributed by atoms with E-state index in [2.05, 4.69) is 5.32 Å². The molecule has 15 heavy (non-hydrogen) atoms. The lowest BCUT2D eigenvalue weighted by molar-refractivity contribution is -0.186. The van der Waals surface area contributed by atoms with Crippen molar-refractivity contribution in [2.24, 2.45) is 5.92 Å². The number of alkyl halides is 3. The van der Waals surface area contributed by atoms with Gasteiger partial charge in [-0.2, -0.15) is 13.2 Å². The number of piperidine rings is 1. The highest BCUT2D eigenvalue weighted by Gasteiger charge is 2.41. The lowest BCUT2D eigenvalue weighted by Crippen LogP contribution is -2.46. The summed E-state index contributed by atoms with van der Waals surface area (Å²) in [6.45, 7) is 3.63. The molecule has 0 saturated carbocycles. The number of rotatable bonds is 3. The molecular formula is C10H19F3N2. The van der Waals surface area contributed by atoms with Crippen molar-refractivity contribution >= 4 is 0 Å². The van der Waals surface area contributed by atoms with Gasteiger partial charge in [-0.1, -0.05) is 0 Å². The normalized spacial score (nSPS) is 26.6. The predicted octanol–water partition coefficient (Wildman–Crippen LogP) is 1.87. The first-order chi connectivity index (χ1) is 6.93. The van der Waals surface area contributed by atoms with Crippen molar-refractivity contribution in [1.29, 1.82) is 0 Å². The molecule has 1 N–H and O–H groups in total. The number of likely N-dealkylation sites (tertiary alicyclic amines) is 1. The van der Waals surface area contributed by atoms with Crippen molar-refractivity contribution in [3.8, 4) is 0 Å². The molecule has 0 amide bonds. The van der Waals surface area contributed by atoms with E-state index in [0.29, 0.717) is 13.0 Å². The van der Waals surface area contributed by atoms with Crippen LogP contribution in [-0.2, 0) is 0 Å². The maximum atomic E-state index is 12.5. The molecule has 2 unspecified atom stereocenters. The largest absolute Gasteiger partial charge is 0.393 e. The number of likely N-dealkylation sites (N-methyl/N-ethyl adjacent to an activating group) is 1. The van der Waals surface area contributed by atoms with E-state index in [1.807, 2.05) is 18.9 Å². The SMILES string of the molecule is CNC(C)CN1CCCC(C(F)(F)F)C1. The van der Waals surface area contributed by atoms with E-state index in [9.17, 15) is 13.2 Å². The van der Waals surface area contributed by atoms with Crippen LogP contribution in [0.15, 0.2) is 0 Å². The topological polar surface area (TPSA) is 15.3 Å². The highest BCUT2D eigenvalue weighted by atomic mass is 19.4. The Balaban J connectivity index is 2.42. The van der Waals surface area contributed by atoms with E-state index in [4.69, 9.17) is 0 Å². The minimum Gasteiger partial charge on any atom is -0.316 e. The van der Waals surface area contributed by atoms with Crippen LogP contribution in [-0.4, -0.2) is 43.8 Å². The second kappa shape index (κ2) is 5.16. The van der Waals surface area contributed by atoms with Crippen LogP contribution in [0.1, 0.15) is 19.8 Å². The molecule has 0 spiro atoms. The summed E-state index contributed by atoms with van der Waals surface area (Å²) in [5.74, 6) is -1.13. The minimum absolute atomic E-state index is 0.162. The van der Waals surface area contributed by atoms with Gasteiger partial charge in [0, 0.05) is 19.1 Å². The minimum atomic E-state index is -4.03. The number of hydrogen-bond acceptors (Lipinski definition) is 2. The first-order valence-electron chi connectivity index (χ1n) is 5.40. The smallest absolute Gasteiger partial charge is 0.316 e. The van der Waals surface area contributed by atoms with Crippen molar-refractivity contribution in [3.63, 3.8) is 0 Å². The van der Waals surface area contributed by atoms with E-state index in [1.165, 1.54) is 0 Å². The Labute approximate surface area is 88.8 Å². The van der Waals surface area contributed by atoms with Crippen LogP contribution in [0.4, 0.5) is 13.2 Å². The first kappa shape index (κ1) is 12.8. The van der Waals surface area contributed by atoms with Gasteiger partial charge in [0.1, 0.15) is 0 Å². The summed E-state index contributed by atoms with van der Waals surface area (Å²) in [5.41, 5.74) is 0. The van der Waals surface area contributed by atoms with Gasteiger partial charge >= 0.3 is 6.18 Å². The number of nitrogens with one attached hydrogen (secondary N) is 1. The molecule has 0 aromatic carbocycles. The van der Waals surface area contributed by atoms with Crippen molar-refractivity contribution in [2.45, 2.75) is 32.0 Å². The maximum absolute atomic E-state index is 12.5. The summed E-state index contributed by atoms with van der Waals surface area (Å²) >= 11 is 0. The third kappa shape index (κ3) is 3.99. The Bertz CT molecular complexity index is 194. The number of nitrogens with zero attached hydrogens (tertiary/aromatic N) is 1. The van der Waals surface area contributed by atoms with Gasteiger partial charge in [-0.3, -0.25) is 0 Å². The molecule has 1 heterocycles. The average Bonchev–Trinajstić information content (AvgIpc) is 2.17. The number of hydrogen-bond donors (Lipinski definition) is 1. The van der Waals surface area contributed by atoms with Gasteiger partial charge < -0.3 is 10.2 Å². The Morgan fingerprint density at radius 2 is 2.13 bits per heavy atom. The molecule has 0 aliphatic carbocycles. The summed E-state index contributed by atoms with van der Waals surface area (Å²) in [4.78, 5) is 1.91. The van der Waals surface area contributed by atoms with Gasteiger partial charge in [-0.05, 0) is 33.4 Å². The summed E-state index contributed by atoms with van der Waals surface area (Å²) in [7, 11) is 1.83. The Morgan fingerprint density at radius 1 is 1.47 bits per heavy atom. The fourth-order valence-electron chi connectivity index (χ4n) is 1.97. The standard InChI is InChI=1S/C10H19F3N2/c1-8(14-2)6-15-5-3-4-9(7-15)10(11,12)13/h8-9,14H,3-7H2,1-2H3. The molecule has 1 fully saturated rings. The fourth-order valence-corrected chi connectivity index (χ4v) is 1.97. The molecule has 1 aliphatic rings. The monoisotopic (exact) mass is 224 g/mol. The molecular weight excluding hydrogens is 205 g/mol. The Morgan fingerprint density at radius 3 is 2.67 bits per heavy atom. The van der Waals surface area contributed by atoms with Gasteiger partial charge in [0.2, 0.25) is 0 Å². The lowest BCUT2D eigenvalue weighted by Gasteiger charge is -2.35. The van der Waals surface area contributed by atoms with Gasteiger partial charge in [-0.25, -0.2) is 0 Å². The zero-order valence-electron chi connectivity index (χ0n) is 9.27. The van der Waals surface area contributed by atoms with Crippen molar-refractivity contribution in [3.05, 3.63) is 0 Å². The van der Waals surface area contributed by atoms with Crippen molar-refractivity contribution in [1.82, 2.24) is 10.2 Å². The molecule has 2 atom stereocenters. The van der Waals surface area contributed by atoms with Gasteiger partial charge in [0.15, 0.2) is 0 Å². The highest BCUT2D eigenvalue weighted by Crippen LogP contribution is 2.32. The molecule has 0 bridgehead atoms. The summed E-state index contributed by atoms with van der Waals surface area (Å²) < 4.78 is 37.5. The molecule has 1 rings (SSSR count). The van der Waals surface area contributed by atoms with Crippen LogP contribution in [0.2, 0.25) is 0 Å². The van der Waals surface area contributed by atoms with Crippen LogP contribution >= 0.6 is 0 Å². The van der Waals surface area contributed by atoms with Gasteiger partial charge in [0.05, 0.1) is 5.92 Å². The molecule has 1 aliphatic heterocycles.